The van der Waals surface area contributed by atoms with Crippen molar-refractivity contribution in [2.24, 2.45) is 0 Å². The molecular weight excluding hydrogens is 422 g/mol. The lowest BCUT2D eigenvalue weighted by molar-refractivity contribution is -0.138. The molecule has 0 spiro atoms. The lowest BCUT2D eigenvalue weighted by atomic mass is 10.1. The van der Waals surface area contributed by atoms with Crippen molar-refractivity contribution < 1.29 is 23.8 Å². The van der Waals surface area contributed by atoms with Crippen molar-refractivity contribution in [2.45, 2.75) is 38.2 Å². The lowest BCUT2D eigenvalue weighted by Gasteiger charge is -2.30. The fourth-order valence-corrected chi connectivity index (χ4v) is 3.34. The van der Waals surface area contributed by atoms with Crippen molar-refractivity contribution in [3.8, 4) is 6.07 Å². The van der Waals surface area contributed by atoms with Crippen LogP contribution >= 0.6 is 0 Å². The summed E-state index contributed by atoms with van der Waals surface area (Å²) >= 11 is 0. The minimum absolute atomic E-state index is 0.146. The van der Waals surface area contributed by atoms with E-state index in [0.29, 0.717) is 32.7 Å². The van der Waals surface area contributed by atoms with Crippen LogP contribution in [0.15, 0.2) is 60.7 Å². The summed E-state index contributed by atoms with van der Waals surface area (Å²) < 4.78 is 16.6. The number of hydrogen-bond acceptors (Lipinski definition) is 6. The average Bonchev–Trinajstić information content (AvgIpc) is 2.87. The number of amides is 2. The number of rotatable bonds is 9. The van der Waals surface area contributed by atoms with Crippen molar-refractivity contribution in [3.05, 3.63) is 71.8 Å². The van der Waals surface area contributed by atoms with Crippen LogP contribution < -0.4 is 5.32 Å². The molecule has 0 aromatic heterocycles. The van der Waals surface area contributed by atoms with Crippen LogP contribution in [0.4, 0.5) is 4.79 Å². The van der Waals surface area contributed by atoms with Gasteiger partial charge in [-0.3, -0.25) is 4.79 Å². The minimum Gasteiger partial charge on any atom is -0.436 e. The molecule has 2 unspecified atom stereocenters. The first-order chi connectivity index (χ1) is 16.0. The largest absolute Gasteiger partial charge is 0.436 e. The zero-order valence-electron chi connectivity index (χ0n) is 18.7. The van der Waals surface area contributed by atoms with Crippen LogP contribution in [0.1, 0.15) is 24.5 Å². The third-order valence-electron chi connectivity index (χ3n) is 5.29. The monoisotopic (exact) mass is 451 g/mol. The molecule has 8 heteroatoms. The van der Waals surface area contributed by atoms with Gasteiger partial charge in [-0.1, -0.05) is 60.7 Å². The second kappa shape index (κ2) is 12.0. The third kappa shape index (κ3) is 7.59. The van der Waals surface area contributed by atoms with Crippen LogP contribution in [0, 0.1) is 11.3 Å². The van der Waals surface area contributed by atoms with Crippen LogP contribution in [-0.4, -0.2) is 55.0 Å². The molecule has 0 saturated carbocycles. The fraction of sp³-hybridized carbons (Fsp3) is 0.400. The molecule has 2 atom stereocenters. The number of nitriles is 1. The third-order valence-corrected chi connectivity index (χ3v) is 5.29. The van der Waals surface area contributed by atoms with Crippen molar-refractivity contribution in [3.63, 3.8) is 0 Å². The molecule has 3 rings (SSSR count). The highest BCUT2D eigenvalue weighted by atomic mass is 16.6. The van der Waals surface area contributed by atoms with Gasteiger partial charge in [0.2, 0.25) is 5.72 Å². The van der Waals surface area contributed by atoms with Gasteiger partial charge in [-0.05, 0) is 30.9 Å². The zero-order chi connectivity index (χ0) is 23.5. The first kappa shape index (κ1) is 24.2. The predicted octanol–water partition coefficient (Wildman–Crippen LogP) is 3.03. The first-order valence-corrected chi connectivity index (χ1v) is 11.0. The average molecular weight is 452 g/mol. The van der Waals surface area contributed by atoms with Crippen molar-refractivity contribution in [1.82, 2.24) is 10.2 Å². The van der Waals surface area contributed by atoms with E-state index in [0.717, 1.165) is 11.1 Å². The second-order valence-electron chi connectivity index (χ2n) is 7.90. The Hall–Kier alpha value is -3.41. The van der Waals surface area contributed by atoms with Crippen LogP contribution in [0.2, 0.25) is 0 Å². The first-order valence-electron chi connectivity index (χ1n) is 11.0. The summed E-state index contributed by atoms with van der Waals surface area (Å²) in [5, 5.41) is 12.3. The molecule has 1 N–H and O–H groups in total. The lowest BCUT2D eigenvalue weighted by Crippen LogP contribution is -2.52. The predicted molar refractivity (Wildman–Crippen MR) is 121 cm³/mol. The molecule has 0 aliphatic carbocycles. The number of benzene rings is 2. The van der Waals surface area contributed by atoms with Crippen LogP contribution in [0.25, 0.3) is 0 Å². The fourth-order valence-electron chi connectivity index (χ4n) is 3.34. The molecule has 1 heterocycles. The van der Waals surface area contributed by atoms with Gasteiger partial charge in [-0.15, -0.1) is 0 Å². The van der Waals surface area contributed by atoms with E-state index < -0.39 is 23.8 Å². The van der Waals surface area contributed by atoms with Gasteiger partial charge < -0.3 is 24.4 Å². The molecule has 1 saturated heterocycles. The second-order valence-corrected chi connectivity index (χ2v) is 7.90. The molecule has 0 radical (unpaired) electrons. The summed E-state index contributed by atoms with van der Waals surface area (Å²) in [6, 6.07) is 21.0. The molecule has 174 valence electrons. The van der Waals surface area contributed by atoms with Gasteiger partial charge in [0.25, 0.3) is 5.91 Å². The van der Waals surface area contributed by atoms with Crippen molar-refractivity contribution in [2.75, 3.05) is 26.3 Å². The Kier molecular flexibility index (Phi) is 8.81. The molecule has 0 bridgehead atoms. The normalized spacial score (nSPS) is 16.2. The summed E-state index contributed by atoms with van der Waals surface area (Å²) in [5.41, 5.74) is 0.303. The van der Waals surface area contributed by atoms with E-state index in [1.54, 1.807) is 0 Å². The molecule has 2 aromatic carbocycles. The summed E-state index contributed by atoms with van der Waals surface area (Å²) in [5.74, 6) is -0.579. The SMILES string of the molecule is CC(C#N)(NC(=O)C(CCc1ccccc1)OC(=O)N1CCOCC1)OCc1ccccc1. The van der Waals surface area contributed by atoms with E-state index in [-0.39, 0.29) is 13.0 Å². The number of aryl methyl sites for hydroxylation is 1. The summed E-state index contributed by atoms with van der Waals surface area (Å²) in [6.45, 7) is 3.29. The Morgan fingerprint density at radius 2 is 1.70 bits per heavy atom. The number of carbonyl (C=O) groups excluding carboxylic acids is 2. The van der Waals surface area contributed by atoms with E-state index in [9.17, 15) is 14.9 Å². The molecule has 1 aliphatic rings. The Balaban J connectivity index is 1.66. The molecule has 2 aromatic rings. The maximum Gasteiger partial charge on any atom is 0.410 e. The number of hydrogen-bond donors (Lipinski definition) is 1. The van der Waals surface area contributed by atoms with Gasteiger partial charge in [-0.2, -0.15) is 5.26 Å². The molecular formula is C25H29N3O5. The number of carbonyl (C=O) groups is 2. The zero-order valence-corrected chi connectivity index (χ0v) is 18.7. The van der Waals surface area contributed by atoms with Gasteiger partial charge in [0.05, 0.1) is 19.8 Å². The standard InChI is InChI=1S/C25H29N3O5/c1-25(19-26,32-18-21-10-6-3-7-11-21)27-23(29)22(13-12-20-8-4-2-5-9-20)33-24(30)28-14-16-31-17-15-28/h2-11,22H,12-18H2,1H3,(H,27,29). The number of morpholine rings is 1. The van der Waals surface area contributed by atoms with Crippen molar-refractivity contribution >= 4 is 12.0 Å². The number of nitrogens with zero attached hydrogens (tertiary/aromatic N) is 2. The van der Waals surface area contributed by atoms with E-state index in [1.165, 1.54) is 11.8 Å². The Labute approximate surface area is 194 Å². The van der Waals surface area contributed by atoms with Crippen LogP contribution in [0.3, 0.4) is 0 Å². The highest BCUT2D eigenvalue weighted by Crippen LogP contribution is 2.15. The Bertz CT molecular complexity index is 942. The van der Waals surface area contributed by atoms with Gasteiger partial charge in [0.15, 0.2) is 6.10 Å². The highest BCUT2D eigenvalue weighted by molar-refractivity contribution is 5.84. The molecule has 33 heavy (non-hydrogen) atoms. The summed E-state index contributed by atoms with van der Waals surface area (Å²) in [6.07, 6.45) is -0.848. The van der Waals surface area contributed by atoms with E-state index in [4.69, 9.17) is 14.2 Å². The van der Waals surface area contributed by atoms with Crippen LogP contribution in [-0.2, 0) is 32.0 Å². The van der Waals surface area contributed by atoms with E-state index in [1.807, 2.05) is 66.7 Å². The topological polar surface area (TPSA) is 101 Å². The molecule has 1 aliphatic heterocycles. The van der Waals surface area contributed by atoms with E-state index in [2.05, 4.69) is 5.32 Å². The van der Waals surface area contributed by atoms with Gasteiger partial charge in [0, 0.05) is 13.1 Å². The quantitative estimate of drug-likeness (QED) is 0.588. The van der Waals surface area contributed by atoms with E-state index >= 15 is 0 Å². The summed E-state index contributed by atoms with van der Waals surface area (Å²) in [7, 11) is 0. The summed E-state index contributed by atoms with van der Waals surface area (Å²) in [4.78, 5) is 27.3. The number of nitrogens with one attached hydrogen (secondary N) is 1. The molecule has 1 fully saturated rings. The Morgan fingerprint density at radius 1 is 1.09 bits per heavy atom. The maximum atomic E-state index is 13.1. The van der Waals surface area contributed by atoms with Gasteiger partial charge in [0.1, 0.15) is 6.07 Å². The molecule has 8 nitrogen and oxygen atoms in total. The van der Waals surface area contributed by atoms with Crippen LogP contribution in [0.5, 0.6) is 0 Å². The number of ether oxygens (including phenoxy) is 3. The van der Waals surface area contributed by atoms with Gasteiger partial charge >= 0.3 is 6.09 Å². The smallest absolute Gasteiger partial charge is 0.410 e. The Morgan fingerprint density at radius 3 is 2.30 bits per heavy atom. The maximum absolute atomic E-state index is 13.1. The minimum atomic E-state index is -1.58. The highest BCUT2D eigenvalue weighted by Gasteiger charge is 2.33. The molecule has 2 amide bonds. The van der Waals surface area contributed by atoms with Gasteiger partial charge in [-0.25, -0.2) is 4.79 Å². The van der Waals surface area contributed by atoms with Crippen molar-refractivity contribution in [1.29, 1.82) is 5.26 Å².